The predicted molar refractivity (Wildman–Crippen MR) is 36.7 cm³/mol. The van der Waals surface area contributed by atoms with Crippen molar-refractivity contribution in [2.24, 2.45) is 0 Å². The molecule has 0 aromatic carbocycles. The first-order valence-electron chi connectivity index (χ1n) is 3.17. The van der Waals surface area contributed by atoms with Crippen molar-refractivity contribution in [3.63, 3.8) is 0 Å². The van der Waals surface area contributed by atoms with Crippen molar-refractivity contribution < 1.29 is 8.83 Å². The Kier molecular flexibility index (Phi) is 1.25. The van der Waals surface area contributed by atoms with Crippen molar-refractivity contribution in [3.8, 4) is 11.4 Å². The first kappa shape index (κ1) is 6.15. The van der Waals surface area contributed by atoms with Gasteiger partial charge in [-0.2, -0.15) is 0 Å². The van der Waals surface area contributed by atoms with Crippen molar-refractivity contribution in [3.05, 3.63) is 24.8 Å². The molecule has 56 valence electrons. The maximum absolute atomic E-state index is 5.00. The highest BCUT2D eigenvalue weighted by atomic mass is 16.3. The third kappa shape index (κ3) is 1.02. The Morgan fingerprint density at radius 1 is 1.27 bits per heavy atom. The lowest BCUT2D eigenvalue weighted by molar-refractivity contribution is 0.521. The fourth-order valence-corrected chi connectivity index (χ4v) is 0.820. The molecule has 0 saturated carbocycles. The maximum atomic E-state index is 5.00. The van der Waals surface area contributed by atoms with E-state index in [9.17, 15) is 0 Å². The molecular formula is C7H6N2O2. The average molecular weight is 150 g/mol. The van der Waals surface area contributed by atoms with Gasteiger partial charge in [-0.05, 0) is 0 Å². The number of nitrogens with zero attached hydrogens (tertiary/aromatic N) is 2. The van der Waals surface area contributed by atoms with Gasteiger partial charge in [0.2, 0.25) is 0 Å². The van der Waals surface area contributed by atoms with Crippen LogP contribution in [0.2, 0.25) is 0 Å². The van der Waals surface area contributed by atoms with Gasteiger partial charge in [0, 0.05) is 6.92 Å². The highest BCUT2D eigenvalue weighted by Crippen LogP contribution is 2.14. The Morgan fingerprint density at radius 2 is 2.18 bits per heavy atom. The van der Waals surface area contributed by atoms with E-state index in [0.29, 0.717) is 17.3 Å². The number of aromatic nitrogens is 2. The molecule has 0 fully saturated rings. The second-order valence-electron chi connectivity index (χ2n) is 2.13. The summed E-state index contributed by atoms with van der Waals surface area (Å²) in [6, 6.07) is 0. The summed E-state index contributed by atoms with van der Waals surface area (Å²) >= 11 is 0. The van der Waals surface area contributed by atoms with Crippen LogP contribution in [0.4, 0.5) is 0 Å². The van der Waals surface area contributed by atoms with Crippen LogP contribution in [-0.2, 0) is 0 Å². The number of hydrogen-bond acceptors (Lipinski definition) is 4. The molecule has 0 radical (unpaired) electrons. The van der Waals surface area contributed by atoms with Crippen LogP contribution in [0, 0.1) is 6.92 Å². The molecule has 4 nitrogen and oxygen atoms in total. The van der Waals surface area contributed by atoms with Crippen LogP contribution in [0.25, 0.3) is 11.4 Å². The molecule has 0 N–H and O–H groups in total. The van der Waals surface area contributed by atoms with Crippen LogP contribution >= 0.6 is 0 Å². The monoisotopic (exact) mass is 150 g/mol. The molecule has 0 unspecified atom stereocenters. The fourth-order valence-electron chi connectivity index (χ4n) is 0.820. The van der Waals surface area contributed by atoms with Gasteiger partial charge >= 0.3 is 0 Å². The molecule has 0 aliphatic rings. The molecule has 2 rings (SSSR count). The van der Waals surface area contributed by atoms with E-state index in [1.807, 2.05) is 0 Å². The standard InChI is InChI=1S/C7H6N2O2/c1-5-9-7(3-11-5)6-2-10-4-8-6/h2-4H,1H3. The average Bonchev–Trinajstić information content (AvgIpc) is 2.55. The lowest BCUT2D eigenvalue weighted by atomic mass is 10.4. The van der Waals surface area contributed by atoms with Gasteiger partial charge in [-0.1, -0.05) is 0 Å². The van der Waals surface area contributed by atoms with E-state index in [1.165, 1.54) is 12.7 Å². The number of hydrogen-bond donors (Lipinski definition) is 0. The summed E-state index contributed by atoms with van der Waals surface area (Å²) < 4.78 is 9.78. The molecular weight excluding hydrogens is 144 g/mol. The second kappa shape index (κ2) is 2.23. The van der Waals surface area contributed by atoms with E-state index >= 15 is 0 Å². The van der Waals surface area contributed by atoms with Crippen molar-refractivity contribution in [1.29, 1.82) is 0 Å². The van der Waals surface area contributed by atoms with Gasteiger partial charge in [0.1, 0.15) is 23.9 Å². The van der Waals surface area contributed by atoms with E-state index < -0.39 is 0 Å². The van der Waals surface area contributed by atoms with E-state index in [1.54, 1.807) is 13.2 Å². The molecule has 11 heavy (non-hydrogen) atoms. The molecule has 2 aromatic rings. The minimum atomic E-state index is 0.628. The zero-order chi connectivity index (χ0) is 7.68. The normalized spacial score (nSPS) is 10.3. The molecule has 0 aliphatic carbocycles. The molecule has 0 spiro atoms. The molecule has 0 aliphatic heterocycles. The lowest BCUT2D eigenvalue weighted by Gasteiger charge is -1.80. The Bertz CT molecular complexity index is 337. The summed E-state index contributed by atoms with van der Waals surface area (Å²) in [6.45, 7) is 1.78. The summed E-state index contributed by atoms with van der Waals surface area (Å²) in [5, 5.41) is 0. The number of aryl methyl sites for hydroxylation is 1. The Balaban J connectivity index is 2.45. The van der Waals surface area contributed by atoms with Gasteiger partial charge in [0.15, 0.2) is 12.3 Å². The largest absolute Gasteiger partial charge is 0.451 e. The Labute approximate surface area is 62.9 Å². The second-order valence-corrected chi connectivity index (χ2v) is 2.13. The highest BCUT2D eigenvalue weighted by Gasteiger charge is 2.04. The minimum Gasteiger partial charge on any atom is -0.451 e. The topological polar surface area (TPSA) is 52.1 Å². The van der Waals surface area contributed by atoms with E-state index in [-0.39, 0.29) is 0 Å². The van der Waals surface area contributed by atoms with Crippen molar-refractivity contribution in [2.75, 3.05) is 0 Å². The first-order chi connectivity index (χ1) is 5.36. The lowest BCUT2D eigenvalue weighted by Crippen LogP contribution is -1.75. The van der Waals surface area contributed by atoms with Gasteiger partial charge in [-0.15, -0.1) is 0 Å². The predicted octanol–water partition coefficient (Wildman–Crippen LogP) is 1.64. The summed E-state index contributed by atoms with van der Waals surface area (Å²) in [7, 11) is 0. The van der Waals surface area contributed by atoms with Crippen molar-refractivity contribution >= 4 is 0 Å². The van der Waals surface area contributed by atoms with Crippen LogP contribution in [0.3, 0.4) is 0 Å². The summed E-state index contributed by atoms with van der Waals surface area (Å²) in [4.78, 5) is 7.97. The molecule has 0 bridgehead atoms. The zero-order valence-electron chi connectivity index (χ0n) is 5.94. The third-order valence-electron chi connectivity index (χ3n) is 1.31. The Hall–Kier alpha value is -1.58. The van der Waals surface area contributed by atoms with Gasteiger partial charge in [0.05, 0.1) is 0 Å². The number of oxazole rings is 2. The summed E-state index contributed by atoms with van der Waals surface area (Å²) in [5.41, 5.74) is 1.40. The van der Waals surface area contributed by atoms with Crippen molar-refractivity contribution in [1.82, 2.24) is 9.97 Å². The van der Waals surface area contributed by atoms with E-state index in [4.69, 9.17) is 8.83 Å². The smallest absolute Gasteiger partial charge is 0.191 e. The van der Waals surface area contributed by atoms with E-state index in [2.05, 4.69) is 9.97 Å². The quantitative estimate of drug-likeness (QED) is 0.620. The minimum absolute atomic E-state index is 0.628. The van der Waals surface area contributed by atoms with Gasteiger partial charge < -0.3 is 8.83 Å². The first-order valence-corrected chi connectivity index (χ1v) is 3.17. The zero-order valence-corrected chi connectivity index (χ0v) is 5.94. The third-order valence-corrected chi connectivity index (χ3v) is 1.31. The van der Waals surface area contributed by atoms with E-state index in [0.717, 1.165) is 0 Å². The van der Waals surface area contributed by atoms with Gasteiger partial charge in [0.25, 0.3) is 0 Å². The van der Waals surface area contributed by atoms with Crippen LogP contribution in [0.5, 0.6) is 0 Å². The van der Waals surface area contributed by atoms with Crippen molar-refractivity contribution in [2.45, 2.75) is 6.92 Å². The molecule has 0 amide bonds. The fraction of sp³-hybridized carbons (Fsp3) is 0.143. The summed E-state index contributed by atoms with van der Waals surface area (Å²) in [5.74, 6) is 0.628. The SMILES string of the molecule is Cc1nc(-c2cocn2)co1. The molecule has 2 heterocycles. The molecule has 2 aromatic heterocycles. The maximum Gasteiger partial charge on any atom is 0.191 e. The molecule has 0 saturated heterocycles. The van der Waals surface area contributed by atoms with Gasteiger partial charge in [-0.3, -0.25) is 0 Å². The molecule has 4 heteroatoms. The highest BCUT2D eigenvalue weighted by molar-refractivity contribution is 5.49. The van der Waals surface area contributed by atoms with Crippen LogP contribution in [-0.4, -0.2) is 9.97 Å². The van der Waals surface area contributed by atoms with Crippen LogP contribution < -0.4 is 0 Å². The van der Waals surface area contributed by atoms with Crippen LogP contribution in [0.15, 0.2) is 27.8 Å². The molecule has 0 atom stereocenters. The Morgan fingerprint density at radius 3 is 2.73 bits per heavy atom. The van der Waals surface area contributed by atoms with Gasteiger partial charge in [-0.25, -0.2) is 9.97 Å². The number of rotatable bonds is 1. The summed E-state index contributed by atoms with van der Waals surface area (Å²) in [6.07, 6.45) is 4.43. The van der Waals surface area contributed by atoms with Crippen LogP contribution in [0.1, 0.15) is 5.89 Å².